The van der Waals surface area contributed by atoms with Gasteiger partial charge in [-0.1, -0.05) is 24.3 Å². The summed E-state index contributed by atoms with van der Waals surface area (Å²) in [5, 5.41) is -0.907. The molecule has 29 heavy (non-hydrogen) atoms. The summed E-state index contributed by atoms with van der Waals surface area (Å²) in [5.41, 5.74) is 0.907. The van der Waals surface area contributed by atoms with Crippen LogP contribution in [0.1, 0.15) is 16.5 Å². The number of benzene rings is 2. The summed E-state index contributed by atoms with van der Waals surface area (Å²) >= 11 is -1.63. The van der Waals surface area contributed by atoms with Gasteiger partial charge in [0.15, 0.2) is 17.3 Å². The SMILES string of the molecule is COc1cccc(CN2C(=O)C[S+]([O-])C2c2cccc(OC(F)(F)F)c2)c1OC. The van der Waals surface area contributed by atoms with Crippen molar-refractivity contribution in [3.63, 3.8) is 0 Å². The number of para-hydroxylation sites is 1. The molecule has 0 N–H and O–H groups in total. The number of hydrogen-bond donors (Lipinski definition) is 0. The highest BCUT2D eigenvalue weighted by Gasteiger charge is 2.44. The highest BCUT2D eigenvalue weighted by Crippen LogP contribution is 2.39. The number of carbonyl (C=O) groups excluding carboxylic acids is 1. The zero-order valence-electron chi connectivity index (χ0n) is 15.6. The van der Waals surface area contributed by atoms with E-state index in [1.165, 1.54) is 31.3 Å². The Kier molecular flexibility index (Phi) is 6.13. The number of carbonyl (C=O) groups is 1. The molecule has 1 aliphatic heterocycles. The molecule has 3 rings (SSSR count). The van der Waals surface area contributed by atoms with E-state index in [0.717, 1.165) is 12.1 Å². The molecule has 10 heteroatoms. The van der Waals surface area contributed by atoms with E-state index in [1.807, 2.05) is 0 Å². The van der Waals surface area contributed by atoms with Gasteiger partial charge in [0.25, 0.3) is 5.91 Å². The van der Waals surface area contributed by atoms with Crippen molar-refractivity contribution in [2.75, 3.05) is 20.0 Å². The minimum atomic E-state index is -4.85. The maximum absolute atomic E-state index is 12.6. The molecule has 1 heterocycles. The van der Waals surface area contributed by atoms with Crippen molar-refractivity contribution in [1.29, 1.82) is 0 Å². The number of hydrogen-bond acceptors (Lipinski definition) is 5. The summed E-state index contributed by atoms with van der Waals surface area (Å²) in [4.78, 5) is 13.9. The van der Waals surface area contributed by atoms with Gasteiger partial charge in [0.05, 0.1) is 20.8 Å². The third-order valence-corrected chi connectivity index (χ3v) is 5.88. The van der Waals surface area contributed by atoms with Crippen LogP contribution in [0.3, 0.4) is 0 Å². The quantitative estimate of drug-likeness (QED) is 0.659. The van der Waals surface area contributed by atoms with Gasteiger partial charge in [0.1, 0.15) is 5.75 Å². The zero-order valence-corrected chi connectivity index (χ0v) is 16.4. The van der Waals surface area contributed by atoms with Crippen LogP contribution in [0.25, 0.3) is 0 Å². The molecule has 2 aromatic carbocycles. The number of halogens is 3. The van der Waals surface area contributed by atoms with Crippen LogP contribution in [0.2, 0.25) is 0 Å². The Hall–Kier alpha value is -2.59. The van der Waals surface area contributed by atoms with E-state index >= 15 is 0 Å². The molecule has 2 atom stereocenters. The molecular weight excluding hydrogens is 411 g/mol. The monoisotopic (exact) mass is 429 g/mol. The van der Waals surface area contributed by atoms with E-state index in [0.29, 0.717) is 17.1 Å². The fraction of sp³-hybridized carbons (Fsp3) is 0.316. The number of nitrogens with zero attached hydrogens (tertiary/aromatic N) is 1. The Morgan fingerprint density at radius 1 is 1.17 bits per heavy atom. The normalized spacial score (nSPS) is 19.4. The summed E-state index contributed by atoms with van der Waals surface area (Å²) in [6.07, 6.45) is -4.85. The fourth-order valence-corrected chi connectivity index (χ4v) is 4.68. The van der Waals surface area contributed by atoms with Crippen LogP contribution in [0.15, 0.2) is 42.5 Å². The zero-order chi connectivity index (χ0) is 21.2. The number of ether oxygens (including phenoxy) is 3. The average molecular weight is 429 g/mol. The minimum Gasteiger partial charge on any atom is -0.614 e. The second kappa shape index (κ2) is 8.42. The summed E-state index contributed by atoms with van der Waals surface area (Å²) in [5.74, 6) is -0.143. The Morgan fingerprint density at radius 3 is 2.55 bits per heavy atom. The molecule has 6 nitrogen and oxygen atoms in total. The van der Waals surface area contributed by atoms with Gasteiger partial charge in [0.2, 0.25) is 5.37 Å². The maximum atomic E-state index is 12.6. The Bertz CT molecular complexity index is 892. The molecule has 1 saturated heterocycles. The van der Waals surface area contributed by atoms with Gasteiger partial charge < -0.3 is 18.8 Å². The molecule has 0 spiro atoms. The number of rotatable bonds is 6. The lowest BCUT2D eigenvalue weighted by Gasteiger charge is -2.25. The van der Waals surface area contributed by atoms with Crippen LogP contribution >= 0.6 is 0 Å². The van der Waals surface area contributed by atoms with Crippen molar-refractivity contribution in [1.82, 2.24) is 4.90 Å². The van der Waals surface area contributed by atoms with Crippen molar-refractivity contribution in [3.8, 4) is 17.2 Å². The Morgan fingerprint density at radius 2 is 1.90 bits per heavy atom. The van der Waals surface area contributed by atoms with E-state index in [2.05, 4.69) is 4.74 Å². The summed E-state index contributed by atoms with van der Waals surface area (Å²) in [6.45, 7) is 0.0555. The van der Waals surface area contributed by atoms with Crippen LogP contribution in [0, 0.1) is 0 Å². The standard InChI is InChI=1S/C19H18F3NO5S/c1-26-15-8-4-6-13(17(15)27-2)10-23-16(24)11-29(25)18(23)12-5-3-7-14(9-12)28-19(20,21)22/h3-9,18H,10-11H2,1-2H3. The van der Waals surface area contributed by atoms with Crippen LogP contribution in [-0.4, -0.2) is 41.7 Å². The molecule has 0 saturated carbocycles. The predicted octanol–water partition coefficient (Wildman–Crippen LogP) is 3.39. The van der Waals surface area contributed by atoms with Crippen molar-refractivity contribution in [2.24, 2.45) is 0 Å². The van der Waals surface area contributed by atoms with E-state index in [9.17, 15) is 22.5 Å². The molecular formula is C19H18F3NO5S. The first-order chi connectivity index (χ1) is 13.7. The van der Waals surface area contributed by atoms with Gasteiger partial charge in [0, 0.05) is 11.1 Å². The molecule has 0 bridgehead atoms. The predicted molar refractivity (Wildman–Crippen MR) is 99.0 cm³/mol. The van der Waals surface area contributed by atoms with Gasteiger partial charge >= 0.3 is 6.36 Å². The van der Waals surface area contributed by atoms with Crippen LogP contribution in [0.4, 0.5) is 13.2 Å². The number of alkyl halides is 3. The molecule has 1 amide bonds. The second-order valence-electron chi connectivity index (χ2n) is 6.17. The largest absolute Gasteiger partial charge is 0.614 e. The summed E-state index contributed by atoms with van der Waals surface area (Å²) in [7, 11) is 2.94. The van der Waals surface area contributed by atoms with Gasteiger partial charge in [-0.3, -0.25) is 9.69 Å². The van der Waals surface area contributed by atoms with E-state index in [4.69, 9.17) is 9.47 Å². The van der Waals surface area contributed by atoms with Gasteiger partial charge in [-0.15, -0.1) is 13.2 Å². The smallest absolute Gasteiger partial charge is 0.573 e. The van der Waals surface area contributed by atoms with E-state index in [-0.39, 0.29) is 23.8 Å². The highest BCUT2D eigenvalue weighted by atomic mass is 32.2. The summed E-state index contributed by atoms with van der Waals surface area (Å²) in [6, 6.07) is 10.3. The molecule has 0 aromatic heterocycles. The lowest BCUT2D eigenvalue weighted by molar-refractivity contribution is -0.274. The van der Waals surface area contributed by atoms with Gasteiger partial charge in [-0.05, 0) is 29.4 Å². The molecule has 2 unspecified atom stereocenters. The third-order valence-electron chi connectivity index (χ3n) is 4.32. The summed E-state index contributed by atoms with van der Waals surface area (Å²) < 4.78 is 64.8. The number of methoxy groups -OCH3 is 2. The van der Waals surface area contributed by atoms with Crippen molar-refractivity contribution in [3.05, 3.63) is 53.6 Å². The van der Waals surface area contributed by atoms with E-state index in [1.54, 1.807) is 18.2 Å². The Balaban J connectivity index is 1.93. The topological polar surface area (TPSA) is 71.1 Å². The van der Waals surface area contributed by atoms with Crippen LogP contribution in [-0.2, 0) is 22.5 Å². The van der Waals surface area contributed by atoms with Gasteiger partial charge in [-0.25, -0.2) is 0 Å². The first-order valence-electron chi connectivity index (χ1n) is 8.45. The number of amides is 1. The molecule has 2 aromatic rings. The molecule has 1 aliphatic rings. The van der Waals surface area contributed by atoms with Crippen molar-refractivity contribution in [2.45, 2.75) is 18.3 Å². The first kappa shape index (κ1) is 21.1. The van der Waals surface area contributed by atoms with Crippen LogP contribution in [0.5, 0.6) is 17.2 Å². The first-order valence-corrected chi connectivity index (χ1v) is 9.84. The molecule has 0 radical (unpaired) electrons. The minimum absolute atomic E-state index is 0.0555. The fourth-order valence-electron chi connectivity index (χ4n) is 3.19. The van der Waals surface area contributed by atoms with Crippen LogP contribution < -0.4 is 14.2 Å². The molecule has 156 valence electrons. The lowest BCUT2D eigenvalue weighted by atomic mass is 10.1. The molecule has 0 aliphatic carbocycles. The second-order valence-corrected chi connectivity index (χ2v) is 7.67. The average Bonchev–Trinajstić information content (AvgIpc) is 2.93. The third kappa shape index (κ3) is 4.70. The molecule has 1 fully saturated rings. The van der Waals surface area contributed by atoms with E-state index < -0.39 is 28.7 Å². The highest BCUT2D eigenvalue weighted by molar-refractivity contribution is 7.92. The maximum Gasteiger partial charge on any atom is 0.573 e. The Labute approximate surface area is 168 Å². The van der Waals surface area contributed by atoms with Crippen molar-refractivity contribution >= 4 is 17.1 Å². The van der Waals surface area contributed by atoms with Crippen molar-refractivity contribution < 1.29 is 36.7 Å². The lowest BCUT2D eigenvalue weighted by Crippen LogP contribution is -2.29. The van der Waals surface area contributed by atoms with Gasteiger partial charge in [-0.2, -0.15) is 0 Å².